The Bertz CT molecular complexity index is 874. The molecule has 9 heteroatoms. The molecule has 0 atom stereocenters. The Morgan fingerprint density at radius 1 is 1.06 bits per heavy atom. The average Bonchev–Trinajstić information content (AvgIpc) is 3.18. The summed E-state index contributed by atoms with van der Waals surface area (Å²) >= 11 is 0. The number of non-ortho nitro benzene ring substituents is 1. The van der Waals surface area contributed by atoms with E-state index in [2.05, 4.69) is 15.6 Å². The molecule has 1 aliphatic rings. The molecule has 0 aromatic heterocycles. The number of nitro benzene ring substituents is 1. The van der Waals surface area contributed by atoms with E-state index < -0.39 is 4.92 Å². The van der Waals surface area contributed by atoms with E-state index in [4.69, 9.17) is 0 Å². The van der Waals surface area contributed by atoms with Gasteiger partial charge in [0.05, 0.1) is 11.5 Å². The van der Waals surface area contributed by atoms with Gasteiger partial charge in [-0.05, 0) is 24.0 Å². The van der Waals surface area contributed by atoms with Crippen molar-refractivity contribution in [3.8, 4) is 0 Å². The summed E-state index contributed by atoms with van der Waals surface area (Å²) in [6, 6.07) is 16.4. The van der Waals surface area contributed by atoms with Gasteiger partial charge in [-0.15, -0.1) is 24.0 Å². The number of hydrogen-bond donors (Lipinski definition) is 2. The molecule has 1 heterocycles. The number of guanidine groups is 1. The van der Waals surface area contributed by atoms with E-state index in [-0.39, 0.29) is 35.6 Å². The zero-order valence-electron chi connectivity index (χ0n) is 17.3. The van der Waals surface area contributed by atoms with Crippen molar-refractivity contribution in [2.24, 2.45) is 4.99 Å². The van der Waals surface area contributed by atoms with Gasteiger partial charge in [0.15, 0.2) is 5.96 Å². The summed E-state index contributed by atoms with van der Waals surface area (Å²) in [6.45, 7) is 3.35. The summed E-state index contributed by atoms with van der Waals surface area (Å²) in [4.78, 5) is 28.7. The molecule has 8 nitrogen and oxygen atoms in total. The molecule has 0 bridgehead atoms. The van der Waals surface area contributed by atoms with Crippen LogP contribution in [0.1, 0.15) is 30.4 Å². The third-order valence-electron chi connectivity index (χ3n) is 4.94. The number of nitrogens with one attached hydrogen (secondary N) is 2. The monoisotopic (exact) mass is 537 g/mol. The summed E-state index contributed by atoms with van der Waals surface area (Å²) < 4.78 is 0. The number of hydrogen-bond acceptors (Lipinski definition) is 4. The number of likely N-dealkylation sites (tertiary alicyclic amines) is 1. The van der Waals surface area contributed by atoms with Crippen LogP contribution in [0.15, 0.2) is 59.6 Å². The lowest BCUT2D eigenvalue weighted by molar-refractivity contribution is -0.384. The van der Waals surface area contributed by atoms with Gasteiger partial charge in [-0.3, -0.25) is 14.9 Å². The minimum absolute atomic E-state index is 0. The van der Waals surface area contributed by atoms with Crippen LogP contribution in [0.5, 0.6) is 0 Å². The van der Waals surface area contributed by atoms with Crippen LogP contribution in [-0.4, -0.2) is 41.3 Å². The molecule has 31 heavy (non-hydrogen) atoms. The van der Waals surface area contributed by atoms with Crippen molar-refractivity contribution >= 4 is 41.5 Å². The van der Waals surface area contributed by atoms with Crippen LogP contribution in [0.25, 0.3) is 0 Å². The summed E-state index contributed by atoms with van der Waals surface area (Å²) in [5.74, 6) is 0.911. The van der Waals surface area contributed by atoms with Gasteiger partial charge in [-0.2, -0.15) is 0 Å². The lowest BCUT2D eigenvalue weighted by atomic mass is 10.2. The summed E-state index contributed by atoms with van der Waals surface area (Å²) in [6.07, 6.45) is 2.45. The predicted molar refractivity (Wildman–Crippen MR) is 131 cm³/mol. The van der Waals surface area contributed by atoms with Crippen molar-refractivity contribution in [2.45, 2.75) is 32.4 Å². The highest BCUT2D eigenvalue weighted by atomic mass is 127. The number of carbonyl (C=O) groups is 1. The van der Waals surface area contributed by atoms with Crippen LogP contribution in [0.3, 0.4) is 0 Å². The Balaban J connectivity index is 0.00000341. The van der Waals surface area contributed by atoms with Crippen LogP contribution >= 0.6 is 24.0 Å². The Morgan fingerprint density at radius 2 is 1.81 bits per heavy atom. The van der Waals surface area contributed by atoms with Gasteiger partial charge in [0.25, 0.3) is 5.69 Å². The Kier molecular flexibility index (Phi) is 10.2. The average molecular weight is 537 g/mol. The second kappa shape index (κ2) is 12.9. The zero-order chi connectivity index (χ0) is 21.2. The molecule has 1 saturated heterocycles. The molecule has 166 valence electrons. The molecule has 1 amide bonds. The van der Waals surface area contributed by atoms with E-state index in [1.165, 1.54) is 12.1 Å². The molecular formula is C22H28IN5O3. The van der Waals surface area contributed by atoms with Crippen LogP contribution in [0.4, 0.5) is 5.69 Å². The molecule has 0 unspecified atom stereocenters. The smallest absolute Gasteiger partial charge is 0.269 e. The third-order valence-corrected chi connectivity index (χ3v) is 4.94. The molecule has 1 aliphatic heterocycles. The normalized spacial score (nSPS) is 13.6. The first-order valence-corrected chi connectivity index (χ1v) is 10.2. The van der Waals surface area contributed by atoms with Gasteiger partial charge in [0.2, 0.25) is 5.91 Å². The highest BCUT2D eigenvalue weighted by Crippen LogP contribution is 2.12. The molecule has 3 rings (SSSR count). The first kappa shape index (κ1) is 24.6. The maximum absolute atomic E-state index is 11.7. The molecular weight excluding hydrogens is 509 g/mol. The number of benzene rings is 2. The molecule has 1 fully saturated rings. The van der Waals surface area contributed by atoms with E-state index in [0.717, 1.165) is 37.1 Å². The number of aliphatic imine (C=N–C) groups is 1. The molecule has 0 saturated carbocycles. The second-order valence-corrected chi connectivity index (χ2v) is 7.19. The maximum atomic E-state index is 11.7. The second-order valence-electron chi connectivity index (χ2n) is 7.19. The lowest BCUT2D eigenvalue weighted by Gasteiger charge is -2.17. The quantitative estimate of drug-likeness (QED) is 0.128. The molecule has 2 aromatic rings. The number of nitrogens with zero attached hydrogens (tertiary/aromatic N) is 3. The van der Waals surface area contributed by atoms with Gasteiger partial charge < -0.3 is 15.5 Å². The number of amides is 1. The first-order valence-electron chi connectivity index (χ1n) is 10.2. The van der Waals surface area contributed by atoms with Gasteiger partial charge in [-0.25, -0.2) is 4.99 Å². The lowest BCUT2D eigenvalue weighted by Crippen LogP contribution is -2.38. The molecule has 0 aliphatic carbocycles. The Hall–Kier alpha value is -2.69. The van der Waals surface area contributed by atoms with Crippen molar-refractivity contribution in [1.82, 2.24) is 15.5 Å². The summed E-state index contributed by atoms with van der Waals surface area (Å²) in [7, 11) is 0. The largest absolute Gasteiger partial charge is 0.356 e. The minimum Gasteiger partial charge on any atom is -0.356 e. The summed E-state index contributed by atoms with van der Waals surface area (Å²) in [5.41, 5.74) is 2.11. The van der Waals surface area contributed by atoms with Crippen molar-refractivity contribution in [2.75, 3.05) is 19.6 Å². The van der Waals surface area contributed by atoms with Crippen molar-refractivity contribution < 1.29 is 9.72 Å². The molecule has 0 spiro atoms. The highest BCUT2D eigenvalue weighted by molar-refractivity contribution is 14.0. The van der Waals surface area contributed by atoms with Crippen LogP contribution < -0.4 is 10.6 Å². The standard InChI is InChI=1S/C22H27N5O3.HI/c28-21-8-4-14-26(21)15-5-13-23-22(24-16-18-6-2-1-3-7-18)25-17-19-9-11-20(12-10-19)27(29)30;/h1-3,6-7,9-12H,4-5,8,13-17H2,(H2,23,24,25);1H. The minimum atomic E-state index is -0.406. The molecule has 2 aromatic carbocycles. The van der Waals surface area contributed by atoms with Crippen molar-refractivity contribution in [3.05, 3.63) is 75.8 Å². The van der Waals surface area contributed by atoms with Gasteiger partial charge in [-0.1, -0.05) is 42.5 Å². The number of rotatable bonds is 9. The fraction of sp³-hybridized carbons (Fsp3) is 0.364. The van der Waals surface area contributed by atoms with E-state index in [1.54, 1.807) is 12.1 Å². The van der Waals surface area contributed by atoms with E-state index >= 15 is 0 Å². The fourth-order valence-corrected chi connectivity index (χ4v) is 3.27. The van der Waals surface area contributed by atoms with E-state index in [1.807, 2.05) is 35.2 Å². The van der Waals surface area contributed by atoms with E-state index in [0.29, 0.717) is 32.0 Å². The van der Waals surface area contributed by atoms with Crippen LogP contribution in [0.2, 0.25) is 0 Å². The Morgan fingerprint density at radius 3 is 2.45 bits per heavy atom. The topological polar surface area (TPSA) is 99.9 Å². The predicted octanol–water partition coefficient (Wildman–Crippen LogP) is 3.46. The van der Waals surface area contributed by atoms with E-state index in [9.17, 15) is 14.9 Å². The van der Waals surface area contributed by atoms with Gasteiger partial charge >= 0.3 is 0 Å². The Labute approximate surface area is 199 Å². The first-order chi connectivity index (χ1) is 14.6. The van der Waals surface area contributed by atoms with Crippen LogP contribution in [0, 0.1) is 10.1 Å². The zero-order valence-corrected chi connectivity index (χ0v) is 19.7. The van der Waals surface area contributed by atoms with Crippen molar-refractivity contribution in [3.63, 3.8) is 0 Å². The SMILES string of the molecule is I.O=C1CCCN1CCCNC(=NCc1ccccc1)NCc1ccc([N+](=O)[O-])cc1. The number of carbonyl (C=O) groups excluding carboxylic acids is 1. The number of nitro groups is 1. The van der Waals surface area contributed by atoms with Gasteiger partial charge in [0, 0.05) is 44.7 Å². The third kappa shape index (κ3) is 8.16. The van der Waals surface area contributed by atoms with Gasteiger partial charge in [0.1, 0.15) is 0 Å². The van der Waals surface area contributed by atoms with Crippen LogP contribution in [-0.2, 0) is 17.9 Å². The van der Waals surface area contributed by atoms with Crippen molar-refractivity contribution in [1.29, 1.82) is 0 Å². The molecule has 0 radical (unpaired) electrons. The number of halogens is 1. The molecule has 2 N–H and O–H groups in total. The maximum Gasteiger partial charge on any atom is 0.269 e. The highest BCUT2D eigenvalue weighted by Gasteiger charge is 2.18. The fourth-order valence-electron chi connectivity index (χ4n) is 3.27. The summed E-state index contributed by atoms with van der Waals surface area (Å²) in [5, 5.41) is 17.4.